The van der Waals surface area contributed by atoms with Crippen LogP contribution < -0.4 is 20.7 Å². The van der Waals surface area contributed by atoms with Crippen molar-refractivity contribution in [3.8, 4) is 5.75 Å². The van der Waals surface area contributed by atoms with Crippen LogP contribution in [0.2, 0.25) is 0 Å². The van der Waals surface area contributed by atoms with Crippen molar-refractivity contribution in [1.29, 1.82) is 0 Å². The molecule has 3 rings (SSSR count). The zero-order valence-electron chi connectivity index (χ0n) is 15.2. The van der Waals surface area contributed by atoms with E-state index in [1.54, 1.807) is 31.2 Å². The number of nitro benzene ring substituents is 1. The minimum absolute atomic E-state index is 0.0789. The van der Waals surface area contributed by atoms with Gasteiger partial charge in [-0.25, -0.2) is 4.79 Å². The van der Waals surface area contributed by atoms with Crippen LogP contribution in [0.5, 0.6) is 5.75 Å². The van der Waals surface area contributed by atoms with Crippen LogP contribution in [0.4, 0.5) is 16.2 Å². The lowest BCUT2D eigenvalue weighted by atomic mass is 9.94. The van der Waals surface area contributed by atoms with Crippen molar-refractivity contribution in [3.05, 3.63) is 75.5 Å². The lowest BCUT2D eigenvalue weighted by molar-refractivity contribution is -0.384. The number of anilines is 1. The van der Waals surface area contributed by atoms with Gasteiger partial charge in [0.15, 0.2) is 0 Å². The molecule has 0 bridgehead atoms. The molecule has 1 atom stereocenters. The Morgan fingerprint density at radius 1 is 1.18 bits per heavy atom. The summed E-state index contributed by atoms with van der Waals surface area (Å²) in [5.41, 5.74) is 1.63. The van der Waals surface area contributed by atoms with Crippen LogP contribution in [-0.2, 0) is 4.79 Å². The first-order chi connectivity index (χ1) is 13.4. The Kier molecular flexibility index (Phi) is 5.25. The molecule has 1 aliphatic heterocycles. The van der Waals surface area contributed by atoms with Gasteiger partial charge in [-0.1, -0.05) is 12.1 Å². The Balaban J connectivity index is 1.95. The SMILES string of the molecule is COc1ccccc1NC(=O)C1=C(C)NC(=O)N[C@@H]1c1ccc([N+](=O)[O-])cc1. The third kappa shape index (κ3) is 3.78. The topological polar surface area (TPSA) is 123 Å². The number of hydrogen-bond acceptors (Lipinski definition) is 5. The summed E-state index contributed by atoms with van der Waals surface area (Å²) in [5.74, 6) is 0.0617. The van der Waals surface area contributed by atoms with Gasteiger partial charge in [0.25, 0.3) is 11.6 Å². The third-order valence-corrected chi connectivity index (χ3v) is 4.31. The van der Waals surface area contributed by atoms with Crippen molar-refractivity contribution in [2.24, 2.45) is 0 Å². The van der Waals surface area contributed by atoms with Gasteiger partial charge in [0.1, 0.15) is 5.75 Å². The Labute approximate surface area is 160 Å². The molecule has 144 valence electrons. The summed E-state index contributed by atoms with van der Waals surface area (Å²) >= 11 is 0. The number of carbonyl (C=O) groups is 2. The van der Waals surface area contributed by atoms with Crippen LogP contribution in [0.3, 0.4) is 0 Å². The molecule has 9 nitrogen and oxygen atoms in total. The van der Waals surface area contributed by atoms with Gasteiger partial charge in [-0.2, -0.15) is 0 Å². The highest BCUT2D eigenvalue weighted by Crippen LogP contribution is 2.30. The molecule has 0 unspecified atom stereocenters. The van der Waals surface area contributed by atoms with E-state index in [0.717, 1.165) is 0 Å². The maximum atomic E-state index is 13.0. The first-order valence-corrected chi connectivity index (χ1v) is 8.37. The molecule has 0 aliphatic carbocycles. The van der Waals surface area contributed by atoms with E-state index in [9.17, 15) is 19.7 Å². The predicted molar refractivity (Wildman–Crippen MR) is 102 cm³/mol. The molecule has 0 saturated carbocycles. The summed E-state index contributed by atoms with van der Waals surface area (Å²) in [6.45, 7) is 1.62. The van der Waals surface area contributed by atoms with Gasteiger partial charge in [0.05, 0.1) is 29.3 Å². The van der Waals surface area contributed by atoms with Gasteiger partial charge in [-0.05, 0) is 36.8 Å². The molecule has 2 aromatic carbocycles. The van der Waals surface area contributed by atoms with Crippen molar-refractivity contribution in [3.63, 3.8) is 0 Å². The maximum absolute atomic E-state index is 13.0. The number of rotatable bonds is 5. The molecule has 1 heterocycles. The van der Waals surface area contributed by atoms with Crippen molar-refractivity contribution >= 4 is 23.3 Å². The highest BCUT2D eigenvalue weighted by atomic mass is 16.6. The molecule has 0 fully saturated rings. The highest BCUT2D eigenvalue weighted by Gasteiger charge is 2.31. The third-order valence-electron chi connectivity index (χ3n) is 4.31. The van der Waals surface area contributed by atoms with E-state index >= 15 is 0 Å². The Hall–Kier alpha value is -3.88. The number of allylic oxidation sites excluding steroid dienone is 1. The number of methoxy groups -OCH3 is 1. The van der Waals surface area contributed by atoms with E-state index in [4.69, 9.17) is 4.74 Å². The highest BCUT2D eigenvalue weighted by molar-refractivity contribution is 6.07. The number of ether oxygens (including phenoxy) is 1. The van der Waals surface area contributed by atoms with Crippen LogP contribution in [0.1, 0.15) is 18.5 Å². The molecule has 0 radical (unpaired) electrons. The lowest BCUT2D eigenvalue weighted by Crippen LogP contribution is -2.45. The van der Waals surface area contributed by atoms with E-state index in [1.165, 1.54) is 31.4 Å². The van der Waals surface area contributed by atoms with E-state index in [1.807, 2.05) is 0 Å². The maximum Gasteiger partial charge on any atom is 0.319 e. The van der Waals surface area contributed by atoms with Crippen LogP contribution in [0.15, 0.2) is 59.8 Å². The number of non-ortho nitro benzene ring substituents is 1. The van der Waals surface area contributed by atoms with Gasteiger partial charge < -0.3 is 20.7 Å². The van der Waals surface area contributed by atoms with Crippen molar-refractivity contribution in [2.75, 3.05) is 12.4 Å². The molecule has 1 aliphatic rings. The van der Waals surface area contributed by atoms with Crippen LogP contribution in [-0.4, -0.2) is 24.0 Å². The predicted octanol–water partition coefficient (Wildman–Crippen LogP) is 2.87. The van der Waals surface area contributed by atoms with Crippen molar-refractivity contribution in [2.45, 2.75) is 13.0 Å². The van der Waals surface area contributed by atoms with E-state index in [-0.39, 0.29) is 5.69 Å². The van der Waals surface area contributed by atoms with Crippen LogP contribution in [0.25, 0.3) is 0 Å². The minimum atomic E-state index is -0.760. The number of nitrogens with zero attached hydrogens (tertiary/aromatic N) is 1. The molecule has 0 aromatic heterocycles. The average Bonchev–Trinajstić information content (AvgIpc) is 2.67. The molecule has 2 aromatic rings. The van der Waals surface area contributed by atoms with Gasteiger partial charge >= 0.3 is 6.03 Å². The monoisotopic (exact) mass is 382 g/mol. The van der Waals surface area contributed by atoms with Gasteiger partial charge in [-0.15, -0.1) is 0 Å². The minimum Gasteiger partial charge on any atom is -0.495 e. The Morgan fingerprint density at radius 3 is 2.50 bits per heavy atom. The number of para-hydroxylation sites is 2. The number of nitrogens with one attached hydrogen (secondary N) is 3. The average molecular weight is 382 g/mol. The summed E-state index contributed by atoms with van der Waals surface area (Å²) in [7, 11) is 1.50. The number of hydrogen-bond donors (Lipinski definition) is 3. The molecular formula is C19H18N4O5. The number of benzene rings is 2. The van der Waals surface area contributed by atoms with E-state index in [0.29, 0.717) is 28.3 Å². The van der Waals surface area contributed by atoms with Gasteiger partial charge in [-0.3, -0.25) is 14.9 Å². The van der Waals surface area contributed by atoms with Gasteiger partial charge in [0, 0.05) is 17.8 Å². The number of nitro groups is 1. The van der Waals surface area contributed by atoms with Crippen molar-refractivity contribution < 1.29 is 19.2 Å². The zero-order valence-corrected chi connectivity index (χ0v) is 15.2. The molecule has 28 heavy (non-hydrogen) atoms. The molecular weight excluding hydrogens is 364 g/mol. The number of carbonyl (C=O) groups excluding carboxylic acids is 2. The molecule has 9 heteroatoms. The summed E-state index contributed by atoms with van der Waals surface area (Å²) < 4.78 is 5.24. The first kappa shape index (κ1) is 18.9. The fraction of sp³-hybridized carbons (Fsp3) is 0.158. The molecule has 3 N–H and O–H groups in total. The Bertz CT molecular complexity index is 969. The second-order valence-corrected chi connectivity index (χ2v) is 6.07. The normalized spacial score (nSPS) is 16.1. The number of amides is 3. The van der Waals surface area contributed by atoms with Crippen molar-refractivity contribution in [1.82, 2.24) is 10.6 Å². The molecule has 0 saturated heterocycles. The molecule has 3 amide bonds. The standard InChI is InChI=1S/C19H18N4O5/c1-11-16(18(24)21-14-5-3-4-6-15(14)28-2)17(22-19(25)20-11)12-7-9-13(10-8-12)23(26)27/h3-10,17H,1-2H3,(H,21,24)(H2,20,22,25)/t17-/m1/s1. The summed E-state index contributed by atoms with van der Waals surface area (Å²) in [6, 6.07) is 11.4. The summed E-state index contributed by atoms with van der Waals surface area (Å²) in [6.07, 6.45) is 0. The second kappa shape index (κ2) is 7.78. The van der Waals surface area contributed by atoms with E-state index in [2.05, 4.69) is 16.0 Å². The summed E-state index contributed by atoms with van der Waals surface area (Å²) in [5, 5.41) is 18.9. The second-order valence-electron chi connectivity index (χ2n) is 6.07. The quantitative estimate of drug-likeness (QED) is 0.542. The fourth-order valence-corrected chi connectivity index (χ4v) is 2.97. The van der Waals surface area contributed by atoms with Crippen LogP contribution >= 0.6 is 0 Å². The zero-order chi connectivity index (χ0) is 20.3. The fourth-order valence-electron chi connectivity index (χ4n) is 2.97. The first-order valence-electron chi connectivity index (χ1n) is 8.37. The smallest absolute Gasteiger partial charge is 0.319 e. The summed E-state index contributed by atoms with van der Waals surface area (Å²) in [4.78, 5) is 35.3. The Morgan fingerprint density at radius 2 is 1.86 bits per heavy atom. The van der Waals surface area contributed by atoms with Crippen LogP contribution in [0, 0.1) is 10.1 Å². The largest absolute Gasteiger partial charge is 0.495 e. The number of urea groups is 1. The van der Waals surface area contributed by atoms with Gasteiger partial charge in [0.2, 0.25) is 0 Å². The lowest BCUT2D eigenvalue weighted by Gasteiger charge is -2.28. The molecule has 0 spiro atoms. The van der Waals surface area contributed by atoms with E-state index < -0.39 is 22.9 Å².